The molecule has 0 heterocycles. The van der Waals surface area contributed by atoms with Crippen molar-refractivity contribution in [2.75, 3.05) is 0 Å². The molecule has 0 rings (SSSR count). The molecule has 0 unspecified atom stereocenters. The van der Waals surface area contributed by atoms with Gasteiger partial charge in [0.05, 0.1) is 0 Å². The molecule has 0 bridgehead atoms. The van der Waals surface area contributed by atoms with Gasteiger partial charge in [-0.25, -0.2) is 0 Å². The third-order valence-corrected chi connectivity index (χ3v) is 0. The normalized spacial score (nSPS) is 4.00. The van der Waals surface area contributed by atoms with Crippen molar-refractivity contribution in [2.24, 2.45) is 0 Å². The minimum absolute atomic E-state index is 0. The van der Waals surface area contributed by atoms with Crippen molar-refractivity contribution in [2.45, 2.75) is 0 Å². The summed E-state index contributed by atoms with van der Waals surface area (Å²) in [7, 11) is 0. The Morgan fingerprint density at radius 1 is 1.67 bits per heavy atom. The molecule has 0 aliphatic rings. The van der Waals surface area contributed by atoms with Crippen LogP contribution in [-0.4, -0.2) is 34.7 Å². The van der Waals surface area contributed by atoms with Crippen LogP contribution in [0.4, 0.5) is 0 Å². The summed E-state index contributed by atoms with van der Waals surface area (Å²) in [5.74, 6) is 0. The standard InChI is InChI=1S/ClH.HNO3.Sb/c;2-1(3)4;/h1H;(H,2,3,4);. The predicted octanol–water partition coefficient (Wildman–Crippen LogP) is -0.307. The summed E-state index contributed by atoms with van der Waals surface area (Å²) in [5.41, 5.74) is 0. The number of nitrogens with zero attached hydrogens (tertiary/aromatic N) is 1. The monoisotopic (exact) mass is 220 g/mol. The van der Waals surface area contributed by atoms with E-state index < -0.39 is 5.09 Å². The van der Waals surface area contributed by atoms with Crippen molar-refractivity contribution in [3.05, 3.63) is 10.1 Å². The van der Waals surface area contributed by atoms with Gasteiger partial charge in [-0.1, -0.05) is 0 Å². The van der Waals surface area contributed by atoms with Crippen LogP contribution >= 0.6 is 12.4 Å². The second-order valence-electron chi connectivity index (χ2n) is 0.238. The SMILES string of the molecule is Cl.O=[N+]([O-])O.[Sb]. The van der Waals surface area contributed by atoms with E-state index >= 15 is 0 Å². The van der Waals surface area contributed by atoms with Gasteiger partial charge in [0.25, 0.3) is 5.09 Å². The van der Waals surface area contributed by atoms with Crippen molar-refractivity contribution < 1.29 is 10.3 Å². The third kappa shape index (κ3) is 496. The first-order valence-electron chi connectivity index (χ1n) is 0.565. The number of halogens is 1. The van der Waals surface area contributed by atoms with Gasteiger partial charge in [0.1, 0.15) is 0 Å². The van der Waals surface area contributed by atoms with E-state index in [0.29, 0.717) is 0 Å². The van der Waals surface area contributed by atoms with Crippen LogP contribution < -0.4 is 0 Å². The summed E-state index contributed by atoms with van der Waals surface area (Å²) in [5, 5.41) is 13.6. The van der Waals surface area contributed by atoms with Gasteiger partial charge in [-0.2, -0.15) is 0 Å². The summed E-state index contributed by atoms with van der Waals surface area (Å²) >= 11 is 0. The van der Waals surface area contributed by atoms with E-state index in [0.717, 1.165) is 0 Å². The Labute approximate surface area is 57.5 Å². The van der Waals surface area contributed by atoms with Crippen molar-refractivity contribution >= 4 is 36.8 Å². The molecule has 0 saturated heterocycles. The van der Waals surface area contributed by atoms with Gasteiger partial charge >= 0.3 is 0 Å². The fraction of sp³-hybridized carbons (Fsp3) is 0. The zero-order chi connectivity index (χ0) is 3.58. The molecule has 4 nitrogen and oxygen atoms in total. The van der Waals surface area contributed by atoms with E-state index in [1.807, 2.05) is 0 Å². The van der Waals surface area contributed by atoms with E-state index in [4.69, 9.17) is 15.3 Å². The maximum absolute atomic E-state index is 8.36. The Balaban J connectivity index is -0.0000000450. The molecule has 0 aromatic rings. The summed E-state index contributed by atoms with van der Waals surface area (Å²) in [6.07, 6.45) is 0. The maximum atomic E-state index is 8.36. The molecule has 0 aromatic heterocycles. The molecule has 0 atom stereocenters. The van der Waals surface area contributed by atoms with Gasteiger partial charge in [0.15, 0.2) is 0 Å². The molecule has 0 aromatic carbocycles. The van der Waals surface area contributed by atoms with E-state index in [-0.39, 0.29) is 36.8 Å². The Morgan fingerprint density at radius 2 is 1.67 bits per heavy atom. The van der Waals surface area contributed by atoms with E-state index in [9.17, 15) is 0 Å². The van der Waals surface area contributed by atoms with Crippen LogP contribution in [-0.2, 0) is 0 Å². The van der Waals surface area contributed by atoms with Crippen LogP contribution in [0.25, 0.3) is 0 Å². The number of hydrogen-bond donors (Lipinski definition) is 1. The fourth-order valence-electron chi connectivity index (χ4n) is 0. The maximum Gasteiger partial charge on any atom is 0.291 e. The van der Waals surface area contributed by atoms with Crippen LogP contribution in [0.15, 0.2) is 0 Å². The Hall–Kier alpha value is 0.308. The minimum atomic E-state index is -1.50. The van der Waals surface area contributed by atoms with Crippen molar-refractivity contribution in [3.63, 3.8) is 0 Å². The van der Waals surface area contributed by atoms with Crippen LogP contribution in [0.1, 0.15) is 0 Å². The van der Waals surface area contributed by atoms with Crippen molar-refractivity contribution in [3.8, 4) is 0 Å². The van der Waals surface area contributed by atoms with E-state index in [2.05, 4.69) is 0 Å². The van der Waals surface area contributed by atoms with Crippen LogP contribution in [0.5, 0.6) is 0 Å². The van der Waals surface area contributed by atoms with Crippen LogP contribution in [0.2, 0.25) is 0 Å². The summed E-state index contributed by atoms with van der Waals surface area (Å²) < 4.78 is 0. The summed E-state index contributed by atoms with van der Waals surface area (Å²) in [6.45, 7) is 0. The molecule has 0 aliphatic heterocycles. The first-order valence-corrected chi connectivity index (χ1v) is 0.565. The second-order valence-corrected chi connectivity index (χ2v) is 0.238. The first kappa shape index (κ1) is 16.2. The van der Waals surface area contributed by atoms with Gasteiger partial charge in [-0.3, -0.25) is 0 Å². The molecule has 3 radical (unpaired) electrons. The molecule has 0 aliphatic carbocycles. The molecule has 0 saturated carbocycles. The molecular weight excluding hydrogens is 219 g/mol. The predicted molar refractivity (Wildman–Crippen MR) is 21.8 cm³/mol. The molecule has 0 spiro atoms. The van der Waals surface area contributed by atoms with Gasteiger partial charge < -0.3 is 5.21 Å². The summed E-state index contributed by atoms with van der Waals surface area (Å²) in [6, 6.07) is 0. The van der Waals surface area contributed by atoms with Gasteiger partial charge in [0, 0.05) is 24.4 Å². The molecule has 6 heavy (non-hydrogen) atoms. The van der Waals surface area contributed by atoms with Crippen molar-refractivity contribution in [1.29, 1.82) is 0 Å². The fourth-order valence-corrected chi connectivity index (χ4v) is 0. The Bertz CT molecular complexity index is 33.8. The van der Waals surface area contributed by atoms with Crippen molar-refractivity contribution in [1.82, 2.24) is 0 Å². The van der Waals surface area contributed by atoms with Gasteiger partial charge in [0.2, 0.25) is 0 Å². The topological polar surface area (TPSA) is 63.4 Å². The average Bonchev–Trinajstić information content (AvgIpc) is 0.811. The zero-order valence-corrected chi connectivity index (χ0v) is 5.94. The first-order chi connectivity index (χ1) is 1.73. The quantitative estimate of drug-likeness (QED) is 0.347. The molecular formula is H2ClNO3Sb. The zero-order valence-electron chi connectivity index (χ0n) is 2.57. The largest absolute Gasteiger partial charge is 0.328 e. The van der Waals surface area contributed by atoms with E-state index in [1.165, 1.54) is 0 Å². The number of hydrogen-bond acceptors (Lipinski definition) is 2. The van der Waals surface area contributed by atoms with Gasteiger partial charge in [-0.05, 0) is 0 Å². The minimum Gasteiger partial charge on any atom is -0.328 e. The Kier molecular flexibility index (Phi) is 24.4. The molecule has 1 N–H and O–H groups in total. The third-order valence-electron chi connectivity index (χ3n) is 0. The number of rotatable bonds is 0. The second kappa shape index (κ2) is 9.00. The molecule has 0 amide bonds. The Morgan fingerprint density at radius 3 is 1.67 bits per heavy atom. The smallest absolute Gasteiger partial charge is 0.291 e. The molecule has 37 valence electrons. The van der Waals surface area contributed by atoms with Crippen LogP contribution in [0.3, 0.4) is 0 Å². The molecule has 6 heteroatoms. The van der Waals surface area contributed by atoms with E-state index in [1.54, 1.807) is 0 Å². The summed E-state index contributed by atoms with van der Waals surface area (Å²) in [4.78, 5) is 8.36. The average molecular weight is 221 g/mol. The van der Waals surface area contributed by atoms with Gasteiger partial charge in [-0.15, -0.1) is 22.5 Å². The molecule has 0 fully saturated rings. The van der Waals surface area contributed by atoms with Crippen LogP contribution in [0, 0.1) is 10.1 Å².